The fourth-order valence-electron chi connectivity index (χ4n) is 2.29. The van der Waals surface area contributed by atoms with Crippen LogP contribution in [0.5, 0.6) is 0 Å². The monoisotopic (exact) mass is 303 g/mol. The zero-order chi connectivity index (χ0) is 15.6. The molecule has 1 aromatic carbocycles. The lowest BCUT2D eigenvalue weighted by Crippen LogP contribution is -2.15. The van der Waals surface area contributed by atoms with Gasteiger partial charge >= 0.3 is 0 Å². The van der Waals surface area contributed by atoms with Gasteiger partial charge in [0.05, 0.1) is 5.69 Å². The van der Waals surface area contributed by atoms with E-state index in [4.69, 9.17) is 5.73 Å². The Morgan fingerprint density at radius 2 is 2.10 bits per heavy atom. The number of thiazole rings is 1. The van der Waals surface area contributed by atoms with E-state index in [9.17, 15) is 4.79 Å². The number of nitrogen functional groups attached to an aromatic ring is 1. The fraction of sp³-hybridized carbons (Fsp3) is 0.375. The zero-order valence-corrected chi connectivity index (χ0v) is 13.7. The molecule has 0 fully saturated rings. The SMILES string of the molecule is Cc1ccc(-c2csc(N)n2)c(C)c1NC(=O)CC(C)C. The Morgan fingerprint density at radius 1 is 1.38 bits per heavy atom. The number of benzene rings is 1. The van der Waals surface area contributed by atoms with Crippen LogP contribution in [0.4, 0.5) is 10.8 Å². The first-order valence-corrected chi connectivity index (χ1v) is 7.88. The third-order valence-electron chi connectivity index (χ3n) is 3.33. The van der Waals surface area contributed by atoms with Crippen LogP contribution in [-0.4, -0.2) is 10.9 Å². The smallest absolute Gasteiger partial charge is 0.224 e. The number of aromatic nitrogens is 1. The second-order valence-corrected chi connectivity index (χ2v) is 6.54. The van der Waals surface area contributed by atoms with Gasteiger partial charge in [0.2, 0.25) is 5.91 Å². The topological polar surface area (TPSA) is 68.0 Å². The number of nitrogens with two attached hydrogens (primary N) is 1. The third kappa shape index (κ3) is 3.61. The number of carbonyl (C=O) groups excluding carboxylic acids is 1. The normalized spacial score (nSPS) is 10.9. The van der Waals surface area contributed by atoms with Crippen molar-refractivity contribution in [2.24, 2.45) is 5.92 Å². The summed E-state index contributed by atoms with van der Waals surface area (Å²) >= 11 is 1.42. The Labute approximate surface area is 129 Å². The van der Waals surface area contributed by atoms with Crippen molar-refractivity contribution in [1.82, 2.24) is 4.98 Å². The Hall–Kier alpha value is -1.88. The van der Waals surface area contributed by atoms with Gasteiger partial charge in [0.15, 0.2) is 5.13 Å². The van der Waals surface area contributed by atoms with Crippen LogP contribution >= 0.6 is 11.3 Å². The predicted molar refractivity (Wildman–Crippen MR) is 89.5 cm³/mol. The lowest BCUT2D eigenvalue weighted by atomic mass is 10.00. The van der Waals surface area contributed by atoms with Gasteiger partial charge in [-0.05, 0) is 30.9 Å². The van der Waals surface area contributed by atoms with Gasteiger partial charge < -0.3 is 11.1 Å². The van der Waals surface area contributed by atoms with E-state index in [1.165, 1.54) is 11.3 Å². The molecule has 112 valence electrons. The molecule has 0 bridgehead atoms. The Bertz CT molecular complexity index is 662. The second-order valence-electron chi connectivity index (χ2n) is 5.65. The Morgan fingerprint density at radius 3 is 2.67 bits per heavy atom. The van der Waals surface area contributed by atoms with Crippen molar-refractivity contribution in [3.8, 4) is 11.3 Å². The molecule has 4 nitrogen and oxygen atoms in total. The number of amides is 1. The number of nitrogens with one attached hydrogen (secondary N) is 1. The highest BCUT2D eigenvalue weighted by molar-refractivity contribution is 7.13. The van der Waals surface area contributed by atoms with E-state index < -0.39 is 0 Å². The summed E-state index contributed by atoms with van der Waals surface area (Å²) in [6.07, 6.45) is 0.521. The largest absolute Gasteiger partial charge is 0.375 e. The molecule has 0 spiro atoms. The van der Waals surface area contributed by atoms with Gasteiger partial charge in [0, 0.05) is 23.1 Å². The van der Waals surface area contributed by atoms with Crippen molar-refractivity contribution < 1.29 is 4.79 Å². The van der Waals surface area contributed by atoms with Crippen LogP contribution in [-0.2, 0) is 4.79 Å². The standard InChI is InChI=1S/C16H21N3OS/c1-9(2)7-14(20)19-15-10(3)5-6-12(11(15)4)13-8-21-16(17)18-13/h5-6,8-9H,7H2,1-4H3,(H2,17,18)(H,19,20). The maximum Gasteiger partial charge on any atom is 0.224 e. The molecule has 0 aliphatic heterocycles. The van der Waals surface area contributed by atoms with Gasteiger partial charge in [0.1, 0.15) is 0 Å². The molecule has 1 amide bonds. The van der Waals surface area contributed by atoms with Crippen LogP contribution in [0.25, 0.3) is 11.3 Å². The van der Waals surface area contributed by atoms with Gasteiger partial charge in [-0.15, -0.1) is 11.3 Å². The zero-order valence-electron chi connectivity index (χ0n) is 12.9. The summed E-state index contributed by atoms with van der Waals surface area (Å²) in [5.41, 5.74) is 10.5. The minimum atomic E-state index is 0.0474. The summed E-state index contributed by atoms with van der Waals surface area (Å²) < 4.78 is 0. The number of nitrogens with zero attached hydrogens (tertiary/aromatic N) is 1. The molecule has 0 radical (unpaired) electrons. The second kappa shape index (κ2) is 6.26. The summed E-state index contributed by atoms with van der Waals surface area (Å²) in [4.78, 5) is 16.4. The molecule has 1 aromatic heterocycles. The van der Waals surface area contributed by atoms with E-state index in [2.05, 4.69) is 10.3 Å². The first-order chi connectivity index (χ1) is 9.88. The van der Waals surface area contributed by atoms with E-state index >= 15 is 0 Å². The molecule has 3 N–H and O–H groups in total. The van der Waals surface area contributed by atoms with Crippen molar-refractivity contribution >= 4 is 28.1 Å². The van der Waals surface area contributed by atoms with Crippen molar-refractivity contribution in [2.45, 2.75) is 34.1 Å². The lowest BCUT2D eigenvalue weighted by molar-refractivity contribution is -0.116. The quantitative estimate of drug-likeness (QED) is 0.897. The number of anilines is 2. The van der Waals surface area contributed by atoms with Gasteiger partial charge in [-0.25, -0.2) is 4.98 Å². The average molecular weight is 303 g/mol. The lowest BCUT2D eigenvalue weighted by Gasteiger charge is -2.15. The van der Waals surface area contributed by atoms with Crippen LogP contribution in [0, 0.1) is 19.8 Å². The molecule has 0 saturated heterocycles. The van der Waals surface area contributed by atoms with E-state index in [1.807, 2.05) is 45.2 Å². The van der Waals surface area contributed by atoms with Crippen LogP contribution < -0.4 is 11.1 Å². The fourth-order valence-corrected chi connectivity index (χ4v) is 2.85. The van der Waals surface area contributed by atoms with Gasteiger partial charge in [-0.1, -0.05) is 26.0 Å². The maximum absolute atomic E-state index is 12.0. The van der Waals surface area contributed by atoms with Gasteiger partial charge in [-0.3, -0.25) is 4.79 Å². The van der Waals surface area contributed by atoms with Gasteiger partial charge in [0.25, 0.3) is 0 Å². The molecular formula is C16H21N3OS. The van der Waals surface area contributed by atoms with E-state index in [1.54, 1.807) is 0 Å². The first kappa shape index (κ1) is 15.5. The molecular weight excluding hydrogens is 282 g/mol. The third-order valence-corrected chi connectivity index (χ3v) is 4.00. The summed E-state index contributed by atoms with van der Waals surface area (Å²) in [7, 11) is 0. The number of hydrogen-bond acceptors (Lipinski definition) is 4. The predicted octanol–water partition coefficient (Wildman–Crippen LogP) is 3.99. The molecule has 2 aromatic rings. The highest BCUT2D eigenvalue weighted by atomic mass is 32.1. The number of carbonyl (C=O) groups is 1. The molecule has 2 rings (SSSR count). The molecule has 0 unspecified atom stereocenters. The summed E-state index contributed by atoms with van der Waals surface area (Å²) in [5.74, 6) is 0.387. The van der Waals surface area contributed by atoms with E-state index in [-0.39, 0.29) is 5.91 Å². The maximum atomic E-state index is 12.0. The molecule has 5 heteroatoms. The van der Waals surface area contributed by atoms with Crippen LogP contribution in [0.1, 0.15) is 31.4 Å². The summed E-state index contributed by atoms with van der Waals surface area (Å²) in [5, 5.41) is 5.52. The summed E-state index contributed by atoms with van der Waals surface area (Å²) in [6, 6.07) is 4.03. The van der Waals surface area contributed by atoms with Crippen LogP contribution in [0.15, 0.2) is 17.5 Å². The molecule has 0 saturated carbocycles. The Balaban J connectivity index is 2.35. The van der Waals surface area contributed by atoms with E-state index in [0.717, 1.165) is 28.1 Å². The van der Waals surface area contributed by atoms with E-state index in [0.29, 0.717) is 17.5 Å². The molecule has 0 atom stereocenters. The van der Waals surface area contributed by atoms with Crippen molar-refractivity contribution in [1.29, 1.82) is 0 Å². The van der Waals surface area contributed by atoms with Crippen molar-refractivity contribution in [3.05, 3.63) is 28.6 Å². The first-order valence-electron chi connectivity index (χ1n) is 7.00. The number of aryl methyl sites for hydroxylation is 1. The van der Waals surface area contributed by atoms with Gasteiger partial charge in [-0.2, -0.15) is 0 Å². The molecule has 0 aliphatic rings. The number of rotatable bonds is 4. The van der Waals surface area contributed by atoms with Crippen molar-refractivity contribution in [3.63, 3.8) is 0 Å². The highest BCUT2D eigenvalue weighted by Crippen LogP contribution is 2.32. The number of hydrogen-bond donors (Lipinski definition) is 2. The Kier molecular flexibility index (Phi) is 4.63. The summed E-state index contributed by atoms with van der Waals surface area (Å²) in [6.45, 7) is 8.07. The highest BCUT2D eigenvalue weighted by Gasteiger charge is 2.14. The van der Waals surface area contributed by atoms with Crippen molar-refractivity contribution in [2.75, 3.05) is 11.1 Å². The van der Waals surface area contributed by atoms with Crippen LogP contribution in [0.2, 0.25) is 0 Å². The molecule has 0 aliphatic carbocycles. The molecule has 1 heterocycles. The van der Waals surface area contributed by atoms with Crippen LogP contribution in [0.3, 0.4) is 0 Å². The minimum absolute atomic E-state index is 0.0474. The minimum Gasteiger partial charge on any atom is -0.375 e. The molecule has 21 heavy (non-hydrogen) atoms. The average Bonchev–Trinajstić information content (AvgIpc) is 2.80.